The average molecular weight is 900 g/mol. The molecule has 3 aromatic rings. The standard InChI is InChI=1S/C45H46F5N11O4/c46-34-19-32-27(22-61(44(32)65)36-8-10-39(62)57-43(36)64)17-37(34)59-15-13-58(14-16-59)21-25-1-4-28(5-2-25)54-42(63)31-7-9-38(55-40(31)47)56-41-30-11-12-60(23-35(30)52-24-53-41)29-6-3-26(20-51)33(18-29)45(48,49)50/h3,6,9,17-19,24-25,28,31,36H,1-2,4-5,7-8,10-16,21-23H2,(H,54,63)(H,52,53,56)(H,57,62,64). The zero-order chi connectivity index (χ0) is 45.6. The molecule has 3 N–H and O–H groups in total. The number of nitrogens with one attached hydrogen (secondary N) is 3. The fourth-order valence-electron chi connectivity index (χ4n) is 9.87. The SMILES string of the molecule is N#Cc1ccc(N2CCc3c(ncnc3NC3=CCC(C(=O)NC4CCC(CN5CCN(c6cc7c(cc6F)C(=O)N(C6CCC(=O)NC6=O)C7)CC5)CC4)C(F)=N3)C2)cc1C(F)(F)F. The average Bonchev–Trinajstić information content (AvgIpc) is 3.60. The number of rotatable bonds is 9. The van der Waals surface area contributed by atoms with Crippen molar-refractivity contribution in [3.8, 4) is 6.07 Å². The number of carbonyl (C=O) groups excluding carboxylic acids is 4. The van der Waals surface area contributed by atoms with Crippen LogP contribution in [0.5, 0.6) is 0 Å². The molecule has 15 nitrogen and oxygen atoms in total. The van der Waals surface area contributed by atoms with Crippen molar-refractivity contribution in [2.75, 3.05) is 54.4 Å². The number of piperidine rings is 1. The minimum atomic E-state index is -4.68. The summed E-state index contributed by atoms with van der Waals surface area (Å²) in [5.41, 5.74) is 1.47. The molecular formula is C45H46F5N11O4. The summed E-state index contributed by atoms with van der Waals surface area (Å²) in [5, 5.41) is 17.5. The Bertz CT molecular complexity index is 2530. The first-order valence-corrected chi connectivity index (χ1v) is 21.9. The van der Waals surface area contributed by atoms with E-state index in [0.29, 0.717) is 60.4 Å². The van der Waals surface area contributed by atoms with Crippen LogP contribution in [0.2, 0.25) is 0 Å². The van der Waals surface area contributed by atoms with Gasteiger partial charge in [0.05, 0.1) is 35.1 Å². The van der Waals surface area contributed by atoms with Gasteiger partial charge in [-0.1, -0.05) is 0 Å². The number of alkyl halides is 3. The van der Waals surface area contributed by atoms with Gasteiger partial charge in [0.2, 0.25) is 23.7 Å². The minimum absolute atomic E-state index is 0.0837. The number of piperazine rings is 1. The zero-order valence-corrected chi connectivity index (χ0v) is 35.3. The van der Waals surface area contributed by atoms with Crippen molar-refractivity contribution in [3.05, 3.63) is 87.9 Å². The number of hydrogen-bond donors (Lipinski definition) is 3. The van der Waals surface area contributed by atoms with Crippen LogP contribution in [-0.4, -0.2) is 101 Å². The maximum atomic E-state index is 15.4. The Morgan fingerprint density at radius 2 is 1.71 bits per heavy atom. The third kappa shape index (κ3) is 9.10. The van der Waals surface area contributed by atoms with Crippen LogP contribution in [0.1, 0.15) is 83.3 Å². The first-order valence-electron chi connectivity index (χ1n) is 21.9. The van der Waals surface area contributed by atoms with Crippen molar-refractivity contribution in [1.29, 1.82) is 5.26 Å². The number of aromatic nitrogens is 2. The van der Waals surface area contributed by atoms with Crippen molar-refractivity contribution < 1.29 is 41.1 Å². The Labute approximate surface area is 370 Å². The summed E-state index contributed by atoms with van der Waals surface area (Å²) >= 11 is 0. The van der Waals surface area contributed by atoms with Gasteiger partial charge >= 0.3 is 6.18 Å². The van der Waals surface area contributed by atoms with Gasteiger partial charge in [-0.15, -0.1) is 0 Å². The molecule has 2 unspecified atom stereocenters. The molecule has 2 saturated heterocycles. The number of anilines is 3. The lowest BCUT2D eigenvalue weighted by Gasteiger charge is -2.39. The predicted molar refractivity (Wildman–Crippen MR) is 226 cm³/mol. The number of nitrogens with zero attached hydrogens (tertiary/aromatic N) is 8. The number of amides is 4. The number of allylic oxidation sites excluding steroid dienone is 1. The third-order valence-corrected chi connectivity index (χ3v) is 13.4. The van der Waals surface area contributed by atoms with Crippen molar-refractivity contribution in [2.45, 2.75) is 82.7 Å². The molecule has 9 rings (SSSR count). The summed E-state index contributed by atoms with van der Waals surface area (Å²) in [5.74, 6) is -3.10. The zero-order valence-electron chi connectivity index (χ0n) is 35.3. The van der Waals surface area contributed by atoms with Gasteiger partial charge in [0.25, 0.3) is 5.91 Å². The molecule has 1 saturated carbocycles. The van der Waals surface area contributed by atoms with E-state index in [0.717, 1.165) is 63.0 Å². The summed E-state index contributed by atoms with van der Waals surface area (Å²) in [7, 11) is 0. The van der Waals surface area contributed by atoms with Crippen LogP contribution in [0, 0.1) is 29.0 Å². The Morgan fingerprint density at radius 1 is 0.923 bits per heavy atom. The van der Waals surface area contributed by atoms with Gasteiger partial charge in [-0.3, -0.25) is 29.4 Å². The highest BCUT2D eigenvalue weighted by atomic mass is 19.4. The largest absolute Gasteiger partial charge is 0.417 e. The maximum Gasteiger partial charge on any atom is 0.417 e. The number of nitriles is 1. The van der Waals surface area contributed by atoms with Crippen LogP contribution in [0.15, 0.2) is 53.5 Å². The van der Waals surface area contributed by atoms with E-state index < -0.39 is 58.8 Å². The highest BCUT2D eigenvalue weighted by molar-refractivity contribution is 6.05. The molecule has 2 aromatic carbocycles. The second kappa shape index (κ2) is 17.8. The number of benzene rings is 2. The molecule has 3 fully saturated rings. The molecule has 2 atom stereocenters. The van der Waals surface area contributed by atoms with Gasteiger partial charge in [-0.25, -0.2) is 19.4 Å². The van der Waals surface area contributed by atoms with E-state index in [1.54, 1.807) is 23.1 Å². The van der Waals surface area contributed by atoms with Gasteiger partial charge in [-0.2, -0.15) is 22.8 Å². The lowest BCUT2D eigenvalue weighted by atomic mass is 9.85. The molecule has 1 aromatic heterocycles. The van der Waals surface area contributed by atoms with Crippen LogP contribution in [0.4, 0.5) is 39.1 Å². The molecule has 0 spiro atoms. The van der Waals surface area contributed by atoms with Crippen molar-refractivity contribution in [2.24, 2.45) is 16.8 Å². The van der Waals surface area contributed by atoms with Crippen LogP contribution in [0.3, 0.4) is 0 Å². The number of carbonyl (C=O) groups is 4. The maximum absolute atomic E-state index is 15.4. The van der Waals surface area contributed by atoms with Gasteiger partial charge in [0.15, 0.2) is 0 Å². The van der Waals surface area contributed by atoms with Crippen LogP contribution in [-0.2, 0) is 40.1 Å². The third-order valence-electron chi connectivity index (χ3n) is 13.4. The van der Waals surface area contributed by atoms with Crippen molar-refractivity contribution in [1.82, 2.24) is 30.4 Å². The quantitative estimate of drug-likeness (QED) is 0.195. The summed E-state index contributed by atoms with van der Waals surface area (Å²) in [6, 6.07) is 7.32. The summed E-state index contributed by atoms with van der Waals surface area (Å²) in [4.78, 5) is 70.7. The minimum Gasteiger partial charge on any atom is -0.367 e. The number of imide groups is 1. The summed E-state index contributed by atoms with van der Waals surface area (Å²) < 4.78 is 71.7. The summed E-state index contributed by atoms with van der Waals surface area (Å²) in [6.07, 6.45) is 2.40. The van der Waals surface area contributed by atoms with Crippen LogP contribution in [0.25, 0.3) is 0 Å². The van der Waals surface area contributed by atoms with Gasteiger partial charge < -0.3 is 25.3 Å². The van der Waals surface area contributed by atoms with Gasteiger partial charge in [-0.05, 0) is 92.8 Å². The first-order chi connectivity index (χ1) is 31.2. The van der Waals surface area contributed by atoms with Crippen molar-refractivity contribution in [3.63, 3.8) is 0 Å². The van der Waals surface area contributed by atoms with E-state index in [4.69, 9.17) is 5.26 Å². The molecule has 6 aliphatic rings. The Morgan fingerprint density at radius 3 is 2.43 bits per heavy atom. The Balaban J connectivity index is 0.719. The number of hydrogen-bond acceptors (Lipinski definition) is 12. The van der Waals surface area contributed by atoms with E-state index in [2.05, 4.69) is 35.8 Å². The van der Waals surface area contributed by atoms with Gasteiger partial charge in [0.1, 0.15) is 35.7 Å². The van der Waals surface area contributed by atoms with E-state index in [9.17, 15) is 32.3 Å². The molecule has 0 radical (unpaired) electrons. The van der Waals surface area contributed by atoms with E-state index >= 15 is 8.78 Å². The molecule has 20 heteroatoms. The lowest BCUT2D eigenvalue weighted by Crippen LogP contribution is -2.52. The lowest BCUT2D eigenvalue weighted by molar-refractivity contribution is -0.138. The van der Waals surface area contributed by atoms with Crippen molar-refractivity contribution >= 4 is 46.8 Å². The molecule has 65 heavy (non-hydrogen) atoms. The van der Waals surface area contributed by atoms with Crippen LogP contribution < -0.4 is 25.8 Å². The first kappa shape index (κ1) is 43.7. The molecular weight excluding hydrogens is 854 g/mol. The molecule has 340 valence electrons. The number of fused-ring (bicyclic) bond motifs is 2. The fraction of sp³-hybridized carbons (Fsp3) is 0.467. The van der Waals surface area contributed by atoms with E-state index in [-0.39, 0.29) is 55.7 Å². The van der Waals surface area contributed by atoms with E-state index in [1.807, 2.05) is 4.90 Å². The van der Waals surface area contributed by atoms with Crippen LogP contribution >= 0.6 is 0 Å². The number of halogens is 5. The Kier molecular flexibility index (Phi) is 12.0. The second-order valence-corrected chi connectivity index (χ2v) is 17.5. The molecule has 6 heterocycles. The monoisotopic (exact) mass is 899 g/mol. The smallest absolute Gasteiger partial charge is 0.367 e. The molecule has 0 bridgehead atoms. The fourth-order valence-corrected chi connectivity index (χ4v) is 9.87. The Hall–Kier alpha value is -6.49. The summed E-state index contributed by atoms with van der Waals surface area (Å²) in [6.45, 7) is 4.25. The molecule has 5 aliphatic heterocycles. The highest BCUT2D eigenvalue weighted by Gasteiger charge is 2.41. The van der Waals surface area contributed by atoms with E-state index in [1.165, 1.54) is 23.4 Å². The molecule has 1 aliphatic carbocycles. The number of aliphatic imine (C=N–C) groups is 1. The topological polar surface area (TPSA) is 179 Å². The second-order valence-electron chi connectivity index (χ2n) is 17.5. The molecule has 4 amide bonds. The normalized spacial score (nSPS) is 23.8. The predicted octanol–water partition coefficient (Wildman–Crippen LogP) is 4.97. The van der Waals surface area contributed by atoms with Gasteiger partial charge in [0, 0.05) is 75.1 Å². The highest BCUT2D eigenvalue weighted by Crippen LogP contribution is 2.37.